The van der Waals surface area contributed by atoms with Crippen LogP contribution in [0.5, 0.6) is 0 Å². The van der Waals surface area contributed by atoms with Crippen molar-refractivity contribution < 1.29 is 14.4 Å². The van der Waals surface area contributed by atoms with Crippen LogP contribution in [-0.2, 0) is 14.4 Å². The maximum atomic E-state index is 11.8. The first-order valence-corrected chi connectivity index (χ1v) is 5.53. The topological polar surface area (TPSA) is 47.9 Å². The van der Waals surface area contributed by atoms with Gasteiger partial charge in [-0.15, -0.1) is 0 Å². The van der Waals surface area contributed by atoms with Crippen LogP contribution in [0, 0.1) is 0 Å². The van der Waals surface area contributed by atoms with Crippen LogP contribution < -0.4 is 0 Å². The van der Waals surface area contributed by atoms with E-state index >= 15 is 0 Å². The minimum Gasteiger partial charge on any atom is -0.457 e. The number of hydrogen-bond acceptors (Lipinski definition) is 4. The second kappa shape index (κ2) is 5.32. The zero-order valence-corrected chi connectivity index (χ0v) is 11.4. The maximum Gasteiger partial charge on any atom is 0.353 e. The Hall–Kier alpha value is -1.06. The minimum absolute atomic E-state index is 0.410. The molecule has 0 unspecified atom stereocenters. The summed E-state index contributed by atoms with van der Waals surface area (Å²) in [7, 11) is 0. The first-order valence-electron chi connectivity index (χ1n) is 5.53. The predicted octanol–water partition coefficient (Wildman–Crippen LogP) is 2.91. The summed E-state index contributed by atoms with van der Waals surface area (Å²) < 4.78 is 5.24. The third kappa shape index (κ3) is 5.73. The third-order valence-corrected chi connectivity index (χ3v) is 1.83. The lowest BCUT2D eigenvalue weighted by Gasteiger charge is -2.26. The van der Waals surface area contributed by atoms with Crippen LogP contribution >= 0.6 is 0 Å². The Labute approximate surface area is 98.0 Å². The molecule has 0 aromatic rings. The molecule has 4 nitrogen and oxygen atoms in total. The van der Waals surface area contributed by atoms with E-state index in [-0.39, 0.29) is 0 Å². The van der Waals surface area contributed by atoms with Gasteiger partial charge in [0.15, 0.2) is 0 Å². The first kappa shape index (κ1) is 14.9. The van der Waals surface area contributed by atoms with Gasteiger partial charge in [-0.2, -0.15) is 0 Å². The van der Waals surface area contributed by atoms with Gasteiger partial charge in [0.05, 0.1) is 5.71 Å². The van der Waals surface area contributed by atoms with Crippen molar-refractivity contribution in [3.8, 4) is 0 Å². The lowest BCUT2D eigenvalue weighted by Crippen LogP contribution is -2.40. The van der Waals surface area contributed by atoms with Crippen LogP contribution in [0.25, 0.3) is 0 Å². The summed E-state index contributed by atoms with van der Waals surface area (Å²) in [6, 6.07) is 0. The zero-order chi connectivity index (χ0) is 13.0. The molecule has 0 amide bonds. The smallest absolute Gasteiger partial charge is 0.353 e. The fourth-order valence-electron chi connectivity index (χ4n) is 0.695. The molecule has 0 saturated carbocycles. The monoisotopic (exact) mass is 229 g/mol. The highest BCUT2D eigenvalue weighted by atomic mass is 16.7. The summed E-state index contributed by atoms with van der Waals surface area (Å²) >= 11 is 0. The lowest BCUT2D eigenvalue weighted by atomic mass is 10.1. The molecular formula is C12H23NO3. The van der Waals surface area contributed by atoms with Crippen LogP contribution in [-0.4, -0.2) is 22.9 Å². The largest absolute Gasteiger partial charge is 0.457 e. The first-order chi connectivity index (χ1) is 7.08. The van der Waals surface area contributed by atoms with Gasteiger partial charge in [-0.25, -0.2) is 4.79 Å². The van der Waals surface area contributed by atoms with Crippen molar-refractivity contribution in [2.75, 3.05) is 0 Å². The lowest BCUT2D eigenvalue weighted by molar-refractivity contribution is -0.179. The molecule has 0 aliphatic rings. The Balaban J connectivity index is 4.49. The molecule has 0 N–H and O–H groups in total. The second-order valence-corrected chi connectivity index (χ2v) is 5.28. The SMILES string of the molecule is CC/C(C)=N/OC(C)(C)C(=O)OC(C)(C)C. The average molecular weight is 229 g/mol. The molecule has 0 aromatic carbocycles. The average Bonchev–Trinajstić information content (AvgIpc) is 2.11. The zero-order valence-electron chi connectivity index (χ0n) is 11.4. The molecule has 0 radical (unpaired) electrons. The number of oxime groups is 1. The van der Waals surface area contributed by atoms with Gasteiger partial charge in [0.1, 0.15) is 5.60 Å². The molecule has 94 valence electrons. The standard InChI is InChI=1S/C12H23NO3/c1-8-9(2)13-16-12(6,7)10(14)15-11(3,4)5/h8H2,1-7H3/b13-9+. The van der Waals surface area contributed by atoms with Gasteiger partial charge in [-0.3, -0.25) is 0 Å². The molecule has 0 bridgehead atoms. The number of nitrogens with zero attached hydrogens (tertiary/aromatic N) is 1. The van der Waals surface area contributed by atoms with Crippen molar-refractivity contribution in [3.05, 3.63) is 0 Å². The Morgan fingerprint density at radius 2 is 1.69 bits per heavy atom. The van der Waals surface area contributed by atoms with Crippen LogP contribution in [0.3, 0.4) is 0 Å². The molecule has 0 rings (SSSR count). The summed E-state index contributed by atoms with van der Waals surface area (Å²) in [5.74, 6) is -0.410. The number of carbonyl (C=O) groups is 1. The molecule has 0 aliphatic carbocycles. The maximum absolute atomic E-state index is 11.8. The number of carbonyl (C=O) groups excluding carboxylic acids is 1. The Kier molecular flexibility index (Phi) is 4.97. The fourth-order valence-corrected chi connectivity index (χ4v) is 0.695. The van der Waals surface area contributed by atoms with Crippen molar-refractivity contribution >= 4 is 11.7 Å². The minimum atomic E-state index is -1.05. The van der Waals surface area contributed by atoms with Gasteiger partial charge in [0.25, 0.3) is 0 Å². The van der Waals surface area contributed by atoms with E-state index in [2.05, 4.69) is 5.16 Å². The quantitative estimate of drug-likeness (QED) is 0.423. The van der Waals surface area contributed by atoms with Crippen LogP contribution in [0.1, 0.15) is 54.9 Å². The van der Waals surface area contributed by atoms with E-state index in [0.717, 1.165) is 12.1 Å². The van der Waals surface area contributed by atoms with Gasteiger partial charge in [-0.1, -0.05) is 12.1 Å². The van der Waals surface area contributed by atoms with E-state index in [4.69, 9.17) is 9.57 Å². The molecule has 0 atom stereocenters. The Morgan fingerprint density at radius 1 is 1.19 bits per heavy atom. The Bertz CT molecular complexity index is 274. The second-order valence-electron chi connectivity index (χ2n) is 5.28. The summed E-state index contributed by atoms with van der Waals surface area (Å²) in [6.45, 7) is 12.6. The van der Waals surface area contributed by atoms with E-state index in [0.29, 0.717) is 0 Å². The highest BCUT2D eigenvalue weighted by Crippen LogP contribution is 2.17. The van der Waals surface area contributed by atoms with Gasteiger partial charge in [0, 0.05) is 0 Å². The van der Waals surface area contributed by atoms with Crippen LogP contribution in [0.4, 0.5) is 0 Å². The molecule has 0 aliphatic heterocycles. The molecule has 16 heavy (non-hydrogen) atoms. The van der Waals surface area contributed by atoms with E-state index in [1.165, 1.54) is 0 Å². The fraction of sp³-hybridized carbons (Fsp3) is 0.833. The predicted molar refractivity (Wildman–Crippen MR) is 64.4 cm³/mol. The summed E-state index contributed by atoms with van der Waals surface area (Å²) in [4.78, 5) is 17.0. The molecule has 0 aromatic heterocycles. The van der Waals surface area contributed by atoms with Crippen molar-refractivity contribution in [2.24, 2.45) is 5.16 Å². The number of esters is 1. The molecule has 0 spiro atoms. The molecule has 0 fully saturated rings. The van der Waals surface area contributed by atoms with Crippen molar-refractivity contribution in [3.63, 3.8) is 0 Å². The number of hydrogen-bond donors (Lipinski definition) is 0. The number of ether oxygens (including phenoxy) is 1. The van der Waals surface area contributed by atoms with Gasteiger partial charge in [0.2, 0.25) is 5.60 Å². The normalized spacial score (nSPS) is 13.6. The summed E-state index contributed by atoms with van der Waals surface area (Å²) in [6.07, 6.45) is 0.796. The molecular weight excluding hydrogens is 206 g/mol. The van der Waals surface area contributed by atoms with Gasteiger partial charge in [-0.05, 0) is 48.0 Å². The van der Waals surface area contributed by atoms with Gasteiger partial charge >= 0.3 is 5.97 Å². The van der Waals surface area contributed by atoms with Crippen molar-refractivity contribution in [2.45, 2.75) is 66.1 Å². The molecule has 4 heteroatoms. The summed E-state index contributed by atoms with van der Waals surface area (Å²) in [5.41, 5.74) is -0.720. The highest BCUT2D eigenvalue weighted by Gasteiger charge is 2.35. The van der Waals surface area contributed by atoms with E-state index in [1.807, 2.05) is 34.6 Å². The molecule has 0 saturated heterocycles. The summed E-state index contributed by atoms with van der Waals surface area (Å²) in [5, 5.41) is 3.88. The Morgan fingerprint density at radius 3 is 2.06 bits per heavy atom. The van der Waals surface area contributed by atoms with Crippen molar-refractivity contribution in [1.82, 2.24) is 0 Å². The molecule has 0 heterocycles. The van der Waals surface area contributed by atoms with E-state index < -0.39 is 17.2 Å². The number of rotatable bonds is 4. The van der Waals surface area contributed by atoms with Crippen LogP contribution in [0.15, 0.2) is 5.16 Å². The highest BCUT2D eigenvalue weighted by molar-refractivity contribution is 5.82. The van der Waals surface area contributed by atoms with Crippen molar-refractivity contribution in [1.29, 1.82) is 0 Å². The van der Waals surface area contributed by atoms with Crippen LogP contribution in [0.2, 0.25) is 0 Å². The van der Waals surface area contributed by atoms with E-state index in [9.17, 15) is 4.79 Å². The third-order valence-electron chi connectivity index (χ3n) is 1.83. The van der Waals surface area contributed by atoms with E-state index in [1.54, 1.807) is 13.8 Å². The van der Waals surface area contributed by atoms with Gasteiger partial charge < -0.3 is 9.57 Å².